The molecule has 1 amide bonds. The standard InChI is InChI=1S/C13H17ClN2O3/c1-9(2)6-7-15(3)13(17)11-8-10(14)4-5-12(11)16(18)19/h4-5,8-9H,6-7H2,1-3H3. The van der Waals surface area contributed by atoms with Crippen molar-refractivity contribution in [2.75, 3.05) is 13.6 Å². The SMILES string of the molecule is CC(C)CCN(C)C(=O)c1cc(Cl)ccc1[N+](=O)[O-]. The lowest BCUT2D eigenvalue weighted by Gasteiger charge is -2.18. The molecular formula is C13H17ClN2O3. The summed E-state index contributed by atoms with van der Waals surface area (Å²) in [6.45, 7) is 4.67. The van der Waals surface area contributed by atoms with Crippen molar-refractivity contribution in [1.82, 2.24) is 4.90 Å². The number of hydrogen-bond donors (Lipinski definition) is 0. The van der Waals surface area contributed by atoms with E-state index in [0.29, 0.717) is 17.5 Å². The Morgan fingerprint density at radius 1 is 1.47 bits per heavy atom. The molecule has 6 heteroatoms. The van der Waals surface area contributed by atoms with Crippen molar-refractivity contribution >= 4 is 23.2 Å². The van der Waals surface area contributed by atoms with E-state index in [0.717, 1.165) is 6.42 Å². The minimum atomic E-state index is -0.570. The van der Waals surface area contributed by atoms with Gasteiger partial charge in [-0.3, -0.25) is 14.9 Å². The molecule has 19 heavy (non-hydrogen) atoms. The number of hydrogen-bond acceptors (Lipinski definition) is 3. The lowest BCUT2D eigenvalue weighted by molar-refractivity contribution is -0.385. The summed E-state index contributed by atoms with van der Waals surface area (Å²) in [4.78, 5) is 24.0. The van der Waals surface area contributed by atoms with Crippen LogP contribution < -0.4 is 0 Å². The van der Waals surface area contributed by atoms with Gasteiger partial charge in [0, 0.05) is 24.7 Å². The first kappa shape index (κ1) is 15.4. The monoisotopic (exact) mass is 284 g/mol. The van der Waals surface area contributed by atoms with E-state index in [1.54, 1.807) is 7.05 Å². The maximum absolute atomic E-state index is 12.2. The van der Waals surface area contributed by atoms with Gasteiger partial charge in [-0.1, -0.05) is 25.4 Å². The molecule has 0 N–H and O–H groups in total. The van der Waals surface area contributed by atoms with E-state index < -0.39 is 4.92 Å². The van der Waals surface area contributed by atoms with Crippen LogP contribution in [-0.4, -0.2) is 29.3 Å². The van der Waals surface area contributed by atoms with Crippen LogP contribution in [0.4, 0.5) is 5.69 Å². The first-order valence-electron chi connectivity index (χ1n) is 6.02. The minimum absolute atomic E-state index is 0.0313. The number of nitrogens with zero attached hydrogens (tertiary/aromatic N) is 2. The fourth-order valence-corrected chi connectivity index (χ4v) is 1.77. The van der Waals surface area contributed by atoms with Crippen molar-refractivity contribution in [2.24, 2.45) is 5.92 Å². The van der Waals surface area contributed by atoms with Crippen LogP contribution in [-0.2, 0) is 0 Å². The molecule has 0 aliphatic heterocycles. The molecule has 104 valence electrons. The van der Waals surface area contributed by atoms with Gasteiger partial charge >= 0.3 is 0 Å². The average Bonchev–Trinajstić information content (AvgIpc) is 2.34. The Hall–Kier alpha value is -1.62. The number of carbonyl (C=O) groups excluding carboxylic acids is 1. The molecule has 1 rings (SSSR count). The number of nitro groups is 1. The highest BCUT2D eigenvalue weighted by molar-refractivity contribution is 6.31. The summed E-state index contributed by atoms with van der Waals surface area (Å²) in [6, 6.07) is 4.00. The predicted octanol–water partition coefficient (Wildman–Crippen LogP) is 3.37. The lowest BCUT2D eigenvalue weighted by Crippen LogP contribution is -2.29. The van der Waals surface area contributed by atoms with E-state index in [4.69, 9.17) is 11.6 Å². The Morgan fingerprint density at radius 3 is 2.63 bits per heavy atom. The summed E-state index contributed by atoms with van der Waals surface area (Å²) in [7, 11) is 1.63. The number of rotatable bonds is 5. The van der Waals surface area contributed by atoms with Crippen molar-refractivity contribution in [2.45, 2.75) is 20.3 Å². The Labute approximate surface area is 117 Å². The van der Waals surface area contributed by atoms with E-state index in [-0.39, 0.29) is 17.2 Å². The van der Waals surface area contributed by atoms with Crippen LogP contribution >= 0.6 is 11.6 Å². The molecule has 1 aromatic rings. The Kier molecular flexibility index (Phi) is 5.30. The molecule has 0 bridgehead atoms. The topological polar surface area (TPSA) is 63.5 Å². The molecule has 0 saturated carbocycles. The average molecular weight is 285 g/mol. The second-order valence-corrected chi connectivity index (χ2v) is 5.26. The predicted molar refractivity (Wildman–Crippen MR) is 74.5 cm³/mol. The smallest absolute Gasteiger partial charge is 0.282 e. The molecule has 0 aromatic heterocycles. The molecule has 0 spiro atoms. The summed E-state index contributed by atoms with van der Waals surface area (Å²) in [6.07, 6.45) is 0.844. The van der Waals surface area contributed by atoms with E-state index in [2.05, 4.69) is 13.8 Å². The summed E-state index contributed by atoms with van der Waals surface area (Å²) < 4.78 is 0. The molecule has 0 fully saturated rings. The molecule has 0 aliphatic rings. The molecule has 1 aromatic carbocycles. The van der Waals surface area contributed by atoms with Gasteiger partial charge in [0.1, 0.15) is 5.56 Å². The molecule has 0 aliphatic carbocycles. The number of amides is 1. The fraction of sp³-hybridized carbons (Fsp3) is 0.462. The second-order valence-electron chi connectivity index (χ2n) is 4.83. The van der Waals surface area contributed by atoms with E-state index in [1.807, 2.05) is 0 Å². The van der Waals surface area contributed by atoms with Crippen LogP contribution in [0.5, 0.6) is 0 Å². The van der Waals surface area contributed by atoms with Gasteiger partial charge in [-0.05, 0) is 24.5 Å². The highest BCUT2D eigenvalue weighted by Gasteiger charge is 2.23. The number of benzene rings is 1. The Bertz CT molecular complexity index is 489. The van der Waals surface area contributed by atoms with Gasteiger partial charge in [0.2, 0.25) is 0 Å². The first-order valence-corrected chi connectivity index (χ1v) is 6.40. The van der Waals surface area contributed by atoms with Crippen molar-refractivity contribution < 1.29 is 9.72 Å². The van der Waals surface area contributed by atoms with Crippen molar-refractivity contribution in [3.05, 3.63) is 38.9 Å². The summed E-state index contributed by atoms with van der Waals surface area (Å²) in [5.74, 6) is 0.0828. The van der Waals surface area contributed by atoms with Gasteiger partial charge in [0.25, 0.3) is 11.6 Å². The Balaban J connectivity index is 2.98. The maximum atomic E-state index is 12.2. The highest BCUT2D eigenvalue weighted by Crippen LogP contribution is 2.24. The van der Waals surface area contributed by atoms with Crippen molar-refractivity contribution in [3.8, 4) is 0 Å². The van der Waals surface area contributed by atoms with Gasteiger partial charge in [-0.2, -0.15) is 0 Å². The van der Waals surface area contributed by atoms with Crippen LogP contribution in [0, 0.1) is 16.0 Å². The van der Waals surface area contributed by atoms with Gasteiger partial charge in [0.05, 0.1) is 4.92 Å². The van der Waals surface area contributed by atoms with Gasteiger partial charge < -0.3 is 4.90 Å². The first-order chi connectivity index (χ1) is 8.82. The molecule has 0 atom stereocenters. The van der Waals surface area contributed by atoms with Crippen molar-refractivity contribution in [1.29, 1.82) is 0 Å². The highest BCUT2D eigenvalue weighted by atomic mass is 35.5. The Morgan fingerprint density at radius 2 is 2.11 bits per heavy atom. The third kappa shape index (κ3) is 4.21. The summed E-state index contributed by atoms with van der Waals surface area (Å²) in [5, 5.41) is 11.2. The van der Waals surface area contributed by atoms with E-state index in [9.17, 15) is 14.9 Å². The van der Waals surface area contributed by atoms with Crippen LogP contribution in [0.15, 0.2) is 18.2 Å². The number of carbonyl (C=O) groups is 1. The molecule has 0 heterocycles. The lowest BCUT2D eigenvalue weighted by atomic mass is 10.1. The second kappa shape index (κ2) is 6.52. The normalized spacial score (nSPS) is 10.6. The van der Waals surface area contributed by atoms with Crippen LogP contribution in [0.3, 0.4) is 0 Å². The maximum Gasteiger partial charge on any atom is 0.282 e. The molecular weight excluding hydrogens is 268 g/mol. The fourth-order valence-electron chi connectivity index (χ4n) is 1.60. The molecule has 0 saturated heterocycles. The zero-order valence-corrected chi connectivity index (χ0v) is 12.0. The number of halogens is 1. The summed E-state index contributed by atoms with van der Waals surface area (Å²) in [5.41, 5.74) is -0.186. The van der Waals surface area contributed by atoms with Crippen LogP contribution in [0.1, 0.15) is 30.6 Å². The minimum Gasteiger partial charge on any atom is -0.341 e. The van der Waals surface area contributed by atoms with Crippen LogP contribution in [0.25, 0.3) is 0 Å². The van der Waals surface area contributed by atoms with Gasteiger partial charge in [0.15, 0.2) is 0 Å². The van der Waals surface area contributed by atoms with E-state index in [1.165, 1.54) is 23.1 Å². The third-order valence-corrected chi connectivity index (χ3v) is 3.01. The third-order valence-electron chi connectivity index (χ3n) is 2.77. The van der Waals surface area contributed by atoms with Gasteiger partial charge in [-0.25, -0.2) is 0 Å². The zero-order valence-electron chi connectivity index (χ0n) is 11.2. The van der Waals surface area contributed by atoms with Crippen LogP contribution in [0.2, 0.25) is 5.02 Å². The molecule has 0 radical (unpaired) electrons. The zero-order chi connectivity index (χ0) is 14.6. The van der Waals surface area contributed by atoms with Gasteiger partial charge in [-0.15, -0.1) is 0 Å². The quantitative estimate of drug-likeness (QED) is 0.615. The van der Waals surface area contributed by atoms with E-state index >= 15 is 0 Å². The molecule has 5 nitrogen and oxygen atoms in total. The largest absolute Gasteiger partial charge is 0.341 e. The van der Waals surface area contributed by atoms with Crippen molar-refractivity contribution in [3.63, 3.8) is 0 Å². The number of nitro benzene ring substituents is 1. The summed E-state index contributed by atoms with van der Waals surface area (Å²) >= 11 is 5.80. The molecule has 0 unspecified atom stereocenters.